The second kappa shape index (κ2) is 9.40. The smallest absolute Gasteiger partial charge is 0.341 e. The van der Waals surface area contributed by atoms with Crippen LogP contribution < -0.4 is 0 Å². The van der Waals surface area contributed by atoms with Crippen molar-refractivity contribution in [3.05, 3.63) is 103 Å². The molecule has 198 valence electrons. The Morgan fingerprint density at radius 1 is 0.711 bits per heavy atom. The second-order valence-electron chi connectivity index (χ2n) is 8.37. The minimum atomic E-state index is -6.17. The van der Waals surface area contributed by atoms with Gasteiger partial charge in [0, 0.05) is 43.0 Å². The van der Waals surface area contributed by atoms with Gasteiger partial charge in [-0.25, -0.2) is 8.78 Å². The predicted molar refractivity (Wildman–Crippen MR) is 136 cm³/mol. The first-order valence-electron chi connectivity index (χ1n) is 11.4. The molecule has 4 aromatic carbocycles. The van der Waals surface area contributed by atoms with Gasteiger partial charge in [-0.3, -0.25) is 0 Å². The van der Waals surface area contributed by atoms with Gasteiger partial charge in [0.25, 0.3) is 0 Å². The van der Waals surface area contributed by atoms with Crippen LogP contribution in [-0.2, 0) is 20.3 Å². The zero-order valence-electron chi connectivity index (χ0n) is 19.7. The zero-order chi connectivity index (χ0) is 27.3. The van der Waals surface area contributed by atoms with E-state index < -0.39 is 37.6 Å². The fraction of sp³-hybridized carbons (Fsp3) is 0.111. The molecule has 0 bridgehead atoms. The van der Waals surface area contributed by atoms with Crippen LogP contribution in [0.15, 0.2) is 106 Å². The quantitative estimate of drug-likeness (QED) is 0.154. The van der Waals surface area contributed by atoms with E-state index in [1.807, 2.05) is 35.8 Å². The Kier molecular flexibility index (Phi) is 6.49. The van der Waals surface area contributed by atoms with Crippen molar-refractivity contribution in [2.75, 3.05) is 0 Å². The average Bonchev–Trinajstić information content (AvgIpc) is 3.20. The van der Waals surface area contributed by atoms with Crippen molar-refractivity contribution in [2.24, 2.45) is 0 Å². The number of para-hydroxylation sites is 1. The Hall–Kier alpha value is -3.41. The van der Waals surface area contributed by atoms with E-state index in [2.05, 4.69) is 0 Å². The van der Waals surface area contributed by atoms with Crippen molar-refractivity contribution >= 4 is 42.2 Å². The summed E-state index contributed by atoms with van der Waals surface area (Å²) in [4.78, 5) is 0.0730. The van der Waals surface area contributed by atoms with Gasteiger partial charge in [0.05, 0.1) is 0 Å². The van der Waals surface area contributed by atoms with Gasteiger partial charge in [-0.1, -0.05) is 18.2 Å². The molecule has 0 atom stereocenters. The van der Waals surface area contributed by atoms with Gasteiger partial charge in [-0.05, 0) is 90.0 Å². The van der Waals surface area contributed by atoms with E-state index in [9.17, 15) is 30.4 Å². The lowest BCUT2D eigenvalue weighted by Crippen LogP contribution is -2.27. The van der Waals surface area contributed by atoms with E-state index in [0.29, 0.717) is 11.9 Å². The fourth-order valence-electron chi connectivity index (χ4n) is 4.50. The molecule has 0 unspecified atom stereocenters. The van der Waals surface area contributed by atoms with Crippen molar-refractivity contribution < 1.29 is 34.0 Å². The lowest BCUT2D eigenvalue weighted by atomic mass is 10.1. The Balaban J connectivity index is 1.91. The number of hydrogen-bond acceptors (Lipinski definition) is 3. The van der Waals surface area contributed by atoms with Crippen LogP contribution in [0.5, 0.6) is 0 Å². The third-order valence-corrected chi connectivity index (χ3v) is 11.0. The van der Waals surface area contributed by atoms with E-state index >= 15 is 0 Å². The number of nitrogens with zero attached hydrogens (tertiary/aromatic N) is 1. The Bertz CT molecular complexity index is 1700. The topological polar surface area (TPSA) is 48.3 Å². The largest absolute Gasteiger partial charge is 0.524 e. The van der Waals surface area contributed by atoms with Crippen molar-refractivity contribution in [3.8, 4) is 0 Å². The van der Waals surface area contributed by atoms with Crippen molar-refractivity contribution in [2.45, 2.75) is 33.7 Å². The summed E-state index contributed by atoms with van der Waals surface area (Å²) in [6.07, 6.45) is 0. The van der Waals surface area contributed by atoms with Gasteiger partial charge in [-0.15, -0.1) is 0 Å². The van der Waals surface area contributed by atoms with Gasteiger partial charge >= 0.3 is 15.6 Å². The summed E-state index contributed by atoms with van der Waals surface area (Å²) < 4.78 is 101. The van der Waals surface area contributed by atoms with Gasteiger partial charge in [-0.2, -0.15) is 25.2 Å². The first-order chi connectivity index (χ1) is 18.0. The fourth-order valence-corrected chi connectivity index (χ4v) is 9.23. The lowest BCUT2D eigenvalue weighted by molar-refractivity contribution is -0.0496. The normalized spacial score (nSPS) is 13.3. The summed E-state index contributed by atoms with van der Waals surface area (Å²) in [7, 11) is -9.89. The van der Waals surface area contributed by atoms with Gasteiger partial charge in [0.2, 0.25) is 0 Å². The molecule has 0 aliphatic rings. The van der Waals surface area contributed by atoms with Gasteiger partial charge < -0.3 is 4.57 Å². The highest BCUT2D eigenvalue weighted by atomic mass is 32.3. The molecule has 0 aliphatic heterocycles. The molecule has 11 heteroatoms. The Labute approximate surface area is 216 Å². The van der Waals surface area contributed by atoms with Crippen molar-refractivity contribution in [1.29, 1.82) is 0 Å². The highest BCUT2D eigenvalue weighted by Crippen LogP contribution is 2.71. The van der Waals surface area contributed by atoms with Crippen LogP contribution in [0.25, 0.3) is 21.8 Å². The molecule has 0 fully saturated rings. The molecule has 0 spiro atoms. The van der Waals surface area contributed by atoms with E-state index in [1.54, 1.807) is 12.1 Å². The molecular formula is C27H20F5NO3S2. The summed E-state index contributed by atoms with van der Waals surface area (Å²) in [6.45, 7) is 2.56. The number of benzene rings is 4. The highest BCUT2D eigenvalue weighted by molar-refractivity contribution is 8.33. The van der Waals surface area contributed by atoms with Crippen LogP contribution >= 0.6 is 10.3 Å². The number of halogens is 5. The van der Waals surface area contributed by atoms with Crippen molar-refractivity contribution in [1.82, 2.24) is 4.57 Å². The monoisotopic (exact) mass is 565 g/mol. The van der Waals surface area contributed by atoms with Crippen LogP contribution in [0.4, 0.5) is 22.0 Å². The van der Waals surface area contributed by atoms with E-state index in [1.165, 1.54) is 30.3 Å². The van der Waals surface area contributed by atoms with Crippen molar-refractivity contribution in [3.63, 3.8) is 0 Å². The summed E-state index contributed by atoms with van der Waals surface area (Å²) in [5.41, 5.74) is -4.08. The molecule has 0 amide bonds. The first-order valence-corrected chi connectivity index (χ1v) is 14.3. The Morgan fingerprint density at radius 3 is 1.74 bits per heavy atom. The minimum absolute atomic E-state index is 0.0167. The molecule has 5 rings (SSSR count). The molecule has 0 radical (unpaired) electrons. The number of aromatic nitrogens is 1. The molecule has 5 aromatic rings. The average molecular weight is 566 g/mol. The maximum atomic E-state index is 13.9. The molecule has 0 saturated heterocycles. The lowest BCUT2D eigenvalue weighted by Gasteiger charge is -2.39. The van der Waals surface area contributed by atoms with Crippen LogP contribution in [-0.4, -0.2) is 18.5 Å². The minimum Gasteiger partial charge on any atom is -0.341 e. The van der Waals surface area contributed by atoms with Gasteiger partial charge in [0.15, 0.2) is 0 Å². The maximum absolute atomic E-state index is 13.9. The summed E-state index contributed by atoms with van der Waals surface area (Å²) in [5, 5.41) is 1.46. The van der Waals surface area contributed by atoms with E-state index in [0.717, 1.165) is 40.7 Å². The van der Waals surface area contributed by atoms with E-state index in [-0.39, 0.29) is 14.7 Å². The number of fused-ring (bicyclic) bond motifs is 3. The zero-order valence-corrected chi connectivity index (χ0v) is 21.4. The summed E-state index contributed by atoms with van der Waals surface area (Å²) in [5.74, 6) is -1.36. The third-order valence-electron chi connectivity index (χ3n) is 6.16. The predicted octanol–water partition coefficient (Wildman–Crippen LogP) is 8.16. The highest BCUT2D eigenvalue weighted by Gasteiger charge is 2.52. The molecular weight excluding hydrogens is 545 g/mol. The number of alkyl halides is 3. The van der Waals surface area contributed by atoms with E-state index in [4.69, 9.17) is 3.63 Å². The molecule has 1 heterocycles. The SMILES string of the molecule is CCn1c2ccccc2c2cc(S(OS(=O)(=O)C(F)(F)F)(c3ccc(F)cc3)c3ccc(F)cc3)ccc21. The van der Waals surface area contributed by atoms with Gasteiger partial charge in [0.1, 0.15) is 11.6 Å². The van der Waals surface area contributed by atoms with Crippen LogP contribution in [0.2, 0.25) is 0 Å². The maximum Gasteiger partial charge on any atom is 0.524 e. The van der Waals surface area contributed by atoms with Crippen LogP contribution in [0.3, 0.4) is 0 Å². The number of rotatable bonds is 6. The molecule has 4 nitrogen and oxygen atoms in total. The second-order valence-corrected chi connectivity index (χ2v) is 12.8. The van der Waals surface area contributed by atoms with Crippen LogP contribution in [0, 0.1) is 11.6 Å². The number of hydrogen-bond donors (Lipinski definition) is 0. The summed E-state index contributed by atoms with van der Waals surface area (Å²) in [6, 6.07) is 21.0. The summed E-state index contributed by atoms with van der Waals surface area (Å²) >= 11 is 0. The Morgan fingerprint density at radius 2 is 1.21 bits per heavy atom. The third kappa shape index (κ3) is 4.24. The van der Waals surface area contributed by atoms with Crippen LogP contribution in [0.1, 0.15) is 6.92 Å². The number of aryl methyl sites for hydroxylation is 1. The molecule has 0 N–H and O–H groups in total. The standard InChI is InChI=1S/C27H20F5NO3S2/c1-2-33-25-6-4-3-5-23(25)24-17-22(15-16-26(24)33)37(20-11-7-18(28)8-12-20,21-13-9-19(29)10-14-21)36-38(34,35)27(30,31)32/h3-17H,2H2,1H3. The molecule has 0 aliphatic carbocycles. The molecule has 1 aromatic heterocycles. The first kappa shape index (κ1) is 26.2. The molecule has 38 heavy (non-hydrogen) atoms. The molecule has 0 saturated carbocycles.